The lowest BCUT2D eigenvalue weighted by molar-refractivity contribution is -0.114. The van der Waals surface area contributed by atoms with Crippen molar-refractivity contribution >= 4 is 33.0 Å². The van der Waals surface area contributed by atoms with Crippen LogP contribution in [0, 0.1) is 0 Å². The van der Waals surface area contributed by atoms with Crippen molar-refractivity contribution in [2.24, 2.45) is 0 Å². The predicted octanol–water partition coefficient (Wildman–Crippen LogP) is 2.89. The van der Waals surface area contributed by atoms with Gasteiger partial charge in [-0.25, -0.2) is 8.42 Å². The molecule has 2 rings (SSSR count). The first-order valence-corrected chi connectivity index (χ1v) is 9.62. The molecule has 140 valence electrons. The minimum absolute atomic E-state index is 0.119. The molecule has 0 unspecified atom stereocenters. The number of nitrogens with one attached hydrogen (secondary N) is 3. The zero-order valence-electron chi connectivity index (χ0n) is 14.8. The van der Waals surface area contributed by atoms with Crippen LogP contribution < -0.4 is 15.4 Å². The van der Waals surface area contributed by atoms with Gasteiger partial charge in [0.15, 0.2) is 0 Å². The predicted molar refractivity (Wildman–Crippen MR) is 103 cm³/mol. The lowest BCUT2D eigenvalue weighted by atomic mass is 10.3. The van der Waals surface area contributed by atoms with Crippen LogP contribution >= 0.6 is 0 Å². The largest absolute Gasteiger partial charge is 0.385 e. The summed E-state index contributed by atoms with van der Waals surface area (Å²) in [6.07, 6.45) is 0.888. The van der Waals surface area contributed by atoms with Crippen LogP contribution in [0.5, 0.6) is 0 Å². The molecule has 2 aromatic carbocycles. The molecule has 0 aliphatic heterocycles. The molecule has 0 aliphatic rings. The van der Waals surface area contributed by atoms with Crippen molar-refractivity contribution < 1.29 is 17.9 Å². The summed E-state index contributed by atoms with van der Waals surface area (Å²) in [4.78, 5) is 11.1. The Labute approximate surface area is 153 Å². The fourth-order valence-electron chi connectivity index (χ4n) is 2.24. The SMILES string of the molecule is COCCCNc1ccc(NS(=O)(=O)c2ccc(NC(C)=O)cc2)cc1. The van der Waals surface area contributed by atoms with Gasteiger partial charge in [-0.3, -0.25) is 9.52 Å². The molecule has 0 fully saturated rings. The monoisotopic (exact) mass is 377 g/mol. The summed E-state index contributed by atoms with van der Waals surface area (Å²) in [5, 5.41) is 5.83. The van der Waals surface area contributed by atoms with Crippen molar-refractivity contribution in [2.45, 2.75) is 18.2 Å². The fourth-order valence-corrected chi connectivity index (χ4v) is 3.30. The zero-order valence-corrected chi connectivity index (χ0v) is 15.6. The van der Waals surface area contributed by atoms with Gasteiger partial charge < -0.3 is 15.4 Å². The van der Waals surface area contributed by atoms with E-state index in [1.54, 1.807) is 31.4 Å². The van der Waals surface area contributed by atoms with Gasteiger partial charge in [0.05, 0.1) is 4.90 Å². The third kappa shape index (κ3) is 6.05. The minimum atomic E-state index is -3.70. The van der Waals surface area contributed by atoms with E-state index < -0.39 is 10.0 Å². The Kier molecular flexibility index (Phi) is 6.99. The molecule has 0 radical (unpaired) electrons. The lowest BCUT2D eigenvalue weighted by Crippen LogP contribution is -2.13. The second-order valence-electron chi connectivity index (χ2n) is 5.66. The van der Waals surface area contributed by atoms with Crippen molar-refractivity contribution in [1.82, 2.24) is 0 Å². The highest BCUT2D eigenvalue weighted by Gasteiger charge is 2.14. The second-order valence-corrected chi connectivity index (χ2v) is 7.34. The van der Waals surface area contributed by atoms with Crippen molar-refractivity contribution in [3.63, 3.8) is 0 Å². The van der Waals surface area contributed by atoms with Gasteiger partial charge in [0.25, 0.3) is 10.0 Å². The molecule has 26 heavy (non-hydrogen) atoms. The summed E-state index contributed by atoms with van der Waals surface area (Å²) in [6, 6.07) is 13.0. The number of hydrogen-bond acceptors (Lipinski definition) is 5. The van der Waals surface area contributed by atoms with Gasteiger partial charge in [0, 0.05) is 44.2 Å². The van der Waals surface area contributed by atoms with E-state index >= 15 is 0 Å². The maximum absolute atomic E-state index is 12.4. The van der Waals surface area contributed by atoms with E-state index in [2.05, 4.69) is 15.4 Å². The summed E-state index contributed by atoms with van der Waals surface area (Å²) >= 11 is 0. The Morgan fingerprint density at radius 1 is 0.962 bits per heavy atom. The maximum Gasteiger partial charge on any atom is 0.261 e. The highest BCUT2D eigenvalue weighted by molar-refractivity contribution is 7.92. The third-order valence-corrected chi connectivity index (χ3v) is 4.87. The quantitative estimate of drug-likeness (QED) is 0.584. The molecule has 1 amide bonds. The van der Waals surface area contributed by atoms with Gasteiger partial charge in [-0.2, -0.15) is 0 Å². The van der Waals surface area contributed by atoms with Crippen LogP contribution in [0.4, 0.5) is 17.1 Å². The smallest absolute Gasteiger partial charge is 0.261 e. The highest BCUT2D eigenvalue weighted by Crippen LogP contribution is 2.20. The standard InChI is InChI=1S/C18H23N3O4S/c1-14(22)20-16-8-10-18(11-9-16)26(23,24)21-17-6-4-15(5-7-17)19-12-3-13-25-2/h4-11,19,21H,3,12-13H2,1-2H3,(H,20,22). The number of anilines is 3. The average Bonchev–Trinajstić information content (AvgIpc) is 2.60. The van der Waals surface area contributed by atoms with Gasteiger partial charge in [-0.1, -0.05) is 0 Å². The van der Waals surface area contributed by atoms with Crippen molar-refractivity contribution in [1.29, 1.82) is 0 Å². The maximum atomic E-state index is 12.4. The molecule has 0 heterocycles. The van der Waals surface area contributed by atoms with E-state index in [4.69, 9.17) is 4.74 Å². The summed E-state index contributed by atoms with van der Waals surface area (Å²) in [6.45, 7) is 2.85. The van der Waals surface area contributed by atoms with Crippen LogP contribution in [-0.4, -0.2) is 34.6 Å². The first kappa shape index (κ1) is 19.7. The van der Waals surface area contributed by atoms with E-state index in [9.17, 15) is 13.2 Å². The van der Waals surface area contributed by atoms with Crippen molar-refractivity contribution in [3.8, 4) is 0 Å². The Morgan fingerprint density at radius 3 is 2.12 bits per heavy atom. The molecule has 0 saturated carbocycles. The molecule has 0 saturated heterocycles. The summed E-state index contributed by atoms with van der Waals surface area (Å²) < 4.78 is 32.4. The first-order valence-electron chi connectivity index (χ1n) is 8.14. The number of carbonyl (C=O) groups is 1. The Bertz CT molecular complexity index is 819. The van der Waals surface area contributed by atoms with Crippen molar-refractivity contribution in [2.75, 3.05) is 35.6 Å². The number of sulfonamides is 1. The molecule has 0 spiro atoms. The molecule has 0 aromatic heterocycles. The van der Waals surface area contributed by atoms with E-state index in [0.29, 0.717) is 18.0 Å². The molecular weight excluding hydrogens is 354 g/mol. The van der Waals surface area contributed by atoms with Crippen LogP contribution in [-0.2, 0) is 19.6 Å². The number of ether oxygens (including phenoxy) is 1. The molecule has 0 aliphatic carbocycles. The van der Waals surface area contributed by atoms with Gasteiger partial charge in [0.1, 0.15) is 0 Å². The molecular formula is C18H23N3O4S. The Balaban J connectivity index is 1.98. The third-order valence-electron chi connectivity index (χ3n) is 3.48. The first-order chi connectivity index (χ1) is 12.4. The summed E-state index contributed by atoms with van der Waals surface area (Å²) in [7, 11) is -2.03. The van der Waals surface area contributed by atoms with Crippen LogP contribution in [0.2, 0.25) is 0 Å². The highest BCUT2D eigenvalue weighted by atomic mass is 32.2. The topological polar surface area (TPSA) is 96.5 Å². The van der Waals surface area contributed by atoms with Crippen LogP contribution in [0.1, 0.15) is 13.3 Å². The number of hydrogen-bond donors (Lipinski definition) is 3. The zero-order chi connectivity index (χ0) is 19.0. The molecule has 7 nitrogen and oxygen atoms in total. The number of carbonyl (C=O) groups excluding carboxylic acids is 1. The average molecular weight is 377 g/mol. The van der Waals surface area contributed by atoms with Gasteiger partial charge in [-0.05, 0) is 55.0 Å². The lowest BCUT2D eigenvalue weighted by Gasteiger charge is -2.10. The van der Waals surface area contributed by atoms with E-state index in [0.717, 1.165) is 18.7 Å². The number of amides is 1. The normalized spacial score (nSPS) is 11.0. The van der Waals surface area contributed by atoms with Gasteiger partial charge in [-0.15, -0.1) is 0 Å². The fraction of sp³-hybridized carbons (Fsp3) is 0.278. The van der Waals surface area contributed by atoms with Gasteiger partial charge in [0.2, 0.25) is 5.91 Å². The molecule has 2 aromatic rings. The number of benzene rings is 2. The van der Waals surface area contributed by atoms with E-state index in [1.165, 1.54) is 19.1 Å². The Morgan fingerprint density at radius 2 is 1.54 bits per heavy atom. The minimum Gasteiger partial charge on any atom is -0.385 e. The van der Waals surface area contributed by atoms with Crippen LogP contribution in [0.3, 0.4) is 0 Å². The Hall–Kier alpha value is -2.58. The second kappa shape index (κ2) is 9.21. The van der Waals surface area contributed by atoms with Gasteiger partial charge >= 0.3 is 0 Å². The van der Waals surface area contributed by atoms with Crippen molar-refractivity contribution in [3.05, 3.63) is 48.5 Å². The molecule has 3 N–H and O–H groups in total. The number of rotatable bonds is 9. The molecule has 0 bridgehead atoms. The molecule has 0 atom stereocenters. The number of methoxy groups -OCH3 is 1. The van der Waals surface area contributed by atoms with E-state index in [1.807, 2.05) is 12.1 Å². The summed E-state index contributed by atoms with van der Waals surface area (Å²) in [5.74, 6) is -0.213. The van der Waals surface area contributed by atoms with Crippen LogP contribution in [0.15, 0.2) is 53.4 Å². The summed E-state index contributed by atoms with van der Waals surface area (Å²) in [5.41, 5.74) is 1.92. The molecule has 8 heteroatoms. The van der Waals surface area contributed by atoms with E-state index in [-0.39, 0.29) is 10.8 Å². The van der Waals surface area contributed by atoms with Crippen LogP contribution in [0.25, 0.3) is 0 Å².